The maximum Gasteiger partial charge on any atom is 0.310 e. The van der Waals surface area contributed by atoms with Gasteiger partial charge in [0.25, 0.3) is 5.91 Å². The third-order valence-electron chi connectivity index (χ3n) is 3.93. The van der Waals surface area contributed by atoms with Gasteiger partial charge in [-0.25, -0.2) is 12.8 Å². The van der Waals surface area contributed by atoms with E-state index in [1.807, 2.05) is 0 Å². The molecular formula is C16H20FNO5S. The Kier molecular flexibility index (Phi) is 5.93. The molecule has 1 aliphatic rings. The van der Waals surface area contributed by atoms with Gasteiger partial charge in [-0.15, -0.1) is 0 Å². The average molecular weight is 357 g/mol. The number of rotatable bonds is 6. The fourth-order valence-electron chi connectivity index (χ4n) is 2.70. The molecule has 0 N–H and O–H groups in total. The van der Waals surface area contributed by atoms with Gasteiger partial charge >= 0.3 is 5.97 Å². The fraction of sp³-hybridized carbons (Fsp3) is 0.500. The molecule has 1 amide bonds. The molecule has 0 aromatic heterocycles. The van der Waals surface area contributed by atoms with Crippen LogP contribution in [0.1, 0.15) is 18.9 Å². The topological polar surface area (TPSA) is 80.8 Å². The van der Waals surface area contributed by atoms with Crippen LogP contribution in [0.25, 0.3) is 0 Å². The molecule has 8 heteroatoms. The van der Waals surface area contributed by atoms with Gasteiger partial charge < -0.3 is 9.64 Å². The second-order valence-corrected chi connectivity index (χ2v) is 7.93. The maximum atomic E-state index is 12.8. The highest BCUT2D eigenvalue weighted by Gasteiger charge is 2.34. The Balaban J connectivity index is 1.84. The Hall–Kier alpha value is -1.96. The Morgan fingerprint density at radius 2 is 1.96 bits per heavy atom. The number of nitrogens with zero attached hydrogens (tertiary/aromatic N) is 1. The minimum atomic E-state index is -3.09. The number of carbonyl (C=O) groups is 2. The molecular weight excluding hydrogens is 337 g/mol. The van der Waals surface area contributed by atoms with Crippen molar-refractivity contribution < 1.29 is 27.1 Å². The number of halogens is 1. The molecule has 1 heterocycles. The normalized spacial score (nSPS) is 19.0. The monoisotopic (exact) mass is 357 g/mol. The first-order valence-electron chi connectivity index (χ1n) is 7.70. The quantitative estimate of drug-likeness (QED) is 0.708. The van der Waals surface area contributed by atoms with Gasteiger partial charge in [0.05, 0.1) is 17.9 Å². The summed E-state index contributed by atoms with van der Waals surface area (Å²) < 4.78 is 40.8. The van der Waals surface area contributed by atoms with Gasteiger partial charge in [-0.3, -0.25) is 9.59 Å². The molecule has 1 unspecified atom stereocenters. The lowest BCUT2D eigenvalue weighted by atomic mass is 10.1. The fourth-order valence-corrected chi connectivity index (χ4v) is 4.44. The van der Waals surface area contributed by atoms with Crippen LogP contribution in [0.15, 0.2) is 24.3 Å². The zero-order chi connectivity index (χ0) is 17.7. The Morgan fingerprint density at radius 3 is 2.50 bits per heavy atom. The van der Waals surface area contributed by atoms with Crippen LogP contribution in [0.2, 0.25) is 0 Å². The van der Waals surface area contributed by atoms with Crippen LogP contribution < -0.4 is 0 Å². The largest absolute Gasteiger partial charge is 0.455 e. The van der Waals surface area contributed by atoms with Crippen molar-refractivity contribution in [2.45, 2.75) is 25.8 Å². The first-order chi connectivity index (χ1) is 11.3. The smallest absolute Gasteiger partial charge is 0.310 e. The van der Waals surface area contributed by atoms with Crippen molar-refractivity contribution in [3.63, 3.8) is 0 Å². The second kappa shape index (κ2) is 7.74. The molecule has 0 aliphatic carbocycles. The third kappa shape index (κ3) is 5.02. The highest BCUT2D eigenvalue weighted by Crippen LogP contribution is 2.17. The molecule has 0 radical (unpaired) electrons. The number of hydrogen-bond donors (Lipinski definition) is 0. The van der Waals surface area contributed by atoms with Gasteiger partial charge in [0.2, 0.25) is 0 Å². The van der Waals surface area contributed by atoms with Crippen molar-refractivity contribution in [2.24, 2.45) is 0 Å². The molecule has 24 heavy (non-hydrogen) atoms. The van der Waals surface area contributed by atoms with Crippen LogP contribution in [0.3, 0.4) is 0 Å². The number of esters is 1. The number of amides is 1. The summed E-state index contributed by atoms with van der Waals surface area (Å²) in [6.45, 7) is 1.68. The van der Waals surface area contributed by atoms with Gasteiger partial charge in [-0.05, 0) is 31.0 Å². The van der Waals surface area contributed by atoms with Gasteiger partial charge in [0.15, 0.2) is 16.4 Å². The van der Waals surface area contributed by atoms with Crippen molar-refractivity contribution in [3.05, 3.63) is 35.6 Å². The first-order valence-corrected chi connectivity index (χ1v) is 9.53. The van der Waals surface area contributed by atoms with Crippen LogP contribution in [-0.4, -0.2) is 55.9 Å². The highest BCUT2D eigenvalue weighted by molar-refractivity contribution is 7.91. The van der Waals surface area contributed by atoms with E-state index < -0.39 is 34.1 Å². The van der Waals surface area contributed by atoms with Crippen LogP contribution in [0.4, 0.5) is 4.39 Å². The third-order valence-corrected chi connectivity index (χ3v) is 5.68. The van der Waals surface area contributed by atoms with Gasteiger partial charge in [0.1, 0.15) is 5.82 Å². The molecule has 1 saturated heterocycles. The Labute approximate surface area is 140 Å². The summed E-state index contributed by atoms with van der Waals surface area (Å²) in [6, 6.07) is 5.07. The molecule has 1 aromatic rings. The van der Waals surface area contributed by atoms with E-state index in [0.29, 0.717) is 18.5 Å². The van der Waals surface area contributed by atoms with Crippen molar-refractivity contribution in [1.82, 2.24) is 4.90 Å². The summed E-state index contributed by atoms with van der Waals surface area (Å²) in [5.74, 6) is -1.37. The molecule has 1 aromatic carbocycles. The molecule has 1 aliphatic heterocycles. The summed E-state index contributed by atoms with van der Waals surface area (Å²) in [4.78, 5) is 25.4. The number of hydrogen-bond acceptors (Lipinski definition) is 5. The average Bonchev–Trinajstić information content (AvgIpc) is 2.88. The number of likely N-dealkylation sites (N-methyl/N-ethyl adjacent to an activating group) is 1. The van der Waals surface area contributed by atoms with E-state index in [-0.39, 0.29) is 24.0 Å². The van der Waals surface area contributed by atoms with Gasteiger partial charge in [-0.1, -0.05) is 12.1 Å². The van der Waals surface area contributed by atoms with E-state index in [9.17, 15) is 22.4 Å². The van der Waals surface area contributed by atoms with Crippen LogP contribution in [0.5, 0.6) is 0 Å². The lowest BCUT2D eigenvalue weighted by Gasteiger charge is -2.26. The molecule has 1 atom stereocenters. The van der Waals surface area contributed by atoms with E-state index >= 15 is 0 Å². The zero-order valence-electron chi connectivity index (χ0n) is 13.4. The van der Waals surface area contributed by atoms with E-state index in [1.54, 1.807) is 6.92 Å². The summed E-state index contributed by atoms with van der Waals surface area (Å²) in [5.41, 5.74) is 0.586. The minimum absolute atomic E-state index is 0.0455. The van der Waals surface area contributed by atoms with Crippen molar-refractivity contribution in [1.29, 1.82) is 0 Å². The Bertz CT molecular complexity index is 702. The summed E-state index contributed by atoms with van der Waals surface area (Å²) >= 11 is 0. The van der Waals surface area contributed by atoms with Crippen molar-refractivity contribution in [3.8, 4) is 0 Å². The second-order valence-electron chi connectivity index (χ2n) is 5.70. The van der Waals surface area contributed by atoms with Crippen molar-refractivity contribution >= 4 is 21.7 Å². The van der Waals surface area contributed by atoms with E-state index in [4.69, 9.17) is 4.74 Å². The number of sulfone groups is 1. The van der Waals surface area contributed by atoms with E-state index in [0.717, 1.165) is 0 Å². The number of benzene rings is 1. The molecule has 0 spiro atoms. The predicted molar refractivity (Wildman–Crippen MR) is 85.5 cm³/mol. The lowest BCUT2D eigenvalue weighted by Crippen LogP contribution is -2.43. The molecule has 0 bridgehead atoms. The van der Waals surface area contributed by atoms with E-state index in [1.165, 1.54) is 29.2 Å². The molecule has 2 rings (SSSR count). The standard InChI is InChI=1S/C16H20FNO5S/c1-2-18(14-7-8-24(21,22)11-14)15(19)10-23-16(20)9-12-3-5-13(17)6-4-12/h3-6,14H,2,7-11H2,1H3. The Morgan fingerprint density at radius 1 is 1.29 bits per heavy atom. The van der Waals surface area contributed by atoms with Crippen molar-refractivity contribution in [2.75, 3.05) is 24.7 Å². The molecule has 132 valence electrons. The minimum Gasteiger partial charge on any atom is -0.455 e. The highest BCUT2D eigenvalue weighted by atomic mass is 32.2. The maximum absolute atomic E-state index is 12.8. The van der Waals surface area contributed by atoms with Crippen LogP contribution in [-0.2, 0) is 30.6 Å². The number of carbonyl (C=O) groups excluding carboxylic acids is 2. The molecule has 6 nitrogen and oxygen atoms in total. The molecule has 0 saturated carbocycles. The molecule has 1 fully saturated rings. The zero-order valence-corrected chi connectivity index (χ0v) is 14.2. The first kappa shape index (κ1) is 18.4. The summed E-state index contributed by atoms with van der Waals surface area (Å²) in [7, 11) is -3.09. The lowest BCUT2D eigenvalue weighted by molar-refractivity contribution is -0.152. The van der Waals surface area contributed by atoms with Gasteiger partial charge in [-0.2, -0.15) is 0 Å². The summed E-state index contributed by atoms with van der Waals surface area (Å²) in [6.07, 6.45) is 0.350. The predicted octanol–water partition coefficient (Wildman–Crippen LogP) is 0.947. The van der Waals surface area contributed by atoms with E-state index in [2.05, 4.69) is 0 Å². The SMILES string of the molecule is CCN(C(=O)COC(=O)Cc1ccc(F)cc1)C1CCS(=O)(=O)C1. The number of ether oxygens (including phenoxy) is 1. The van der Waals surface area contributed by atoms with Crippen LogP contribution >= 0.6 is 0 Å². The summed E-state index contributed by atoms with van der Waals surface area (Å²) in [5, 5.41) is 0. The van der Waals surface area contributed by atoms with Crippen LogP contribution in [0, 0.1) is 5.82 Å². The van der Waals surface area contributed by atoms with Gasteiger partial charge in [0, 0.05) is 12.6 Å².